The molecule has 0 spiro atoms. The Labute approximate surface area is 143 Å². The summed E-state index contributed by atoms with van der Waals surface area (Å²) in [6.45, 7) is 0.286. The van der Waals surface area contributed by atoms with Crippen LogP contribution >= 0.6 is 11.3 Å². The van der Waals surface area contributed by atoms with Gasteiger partial charge in [0.05, 0.1) is 5.69 Å². The fourth-order valence-corrected chi connectivity index (χ4v) is 4.03. The Morgan fingerprint density at radius 2 is 1.96 bits per heavy atom. The second-order valence-electron chi connectivity index (χ2n) is 5.80. The first-order valence-electron chi connectivity index (χ1n) is 7.88. The van der Waals surface area contributed by atoms with Crippen molar-refractivity contribution in [2.45, 2.75) is 12.8 Å². The number of fused-ring (bicyclic) bond motifs is 4. The molecule has 0 saturated carbocycles. The fourth-order valence-electron chi connectivity index (χ4n) is 3.12. The molecular formula is C19H14N2O2S. The van der Waals surface area contributed by atoms with Gasteiger partial charge in [-0.1, -0.05) is 35.6 Å². The van der Waals surface area contributed by atoms with Gasteiger partial charge in [0.25, 0.3) is 0 Å². The van der Waals surface area contributed by atoms with Crippen molar-refractivity contribution in [1.82, 2.24) is 4.98 Å². The largest absolute Gasteiger partial charge is 0.454 e. The summed E-state index contributed by atoms with van der Waals surface area (Å²) >= 11 is 1.68. The lowest BCUT2D eigenvalue weighted by atomic mass is 9.94. The lowest BCUT2D eigenvalue weighted by Gasteiger charge is -2.13. The molecule has 0 atom stereocenters. The van der Waals surface area contributed by atoms with Crippen molar-refractivity contribution in [2.24, 2.45) is 4.99 Å². The highest BCUT2D eigenvalue weighted by Gasteiger charge is 2.20. The number of hydrogen-bond donors (Lipinski definition) is 0. The van der Waals surface area contributed by atoms with Crippen LogP contribution in [-0.4, -0.2) is 18.0 Å². The first kappa shape index (κ1) is 13.7. The van der Waals surface area contributed by atoms with E-state index >= 15 is 0 Å². The molecule has 5 heteroatoms. The van der Waals surface area contributed by atoms with E-state index in [2.05, 4.69) is 29.3 Å². The van der Waals surface area contributed by atoms with Crippen LogP contribution in [0.25, 0.3) is 11.3 Å². The van der Waals surface area contributed by atoms with Crippen LogP contribution in [0, 0.1) is 0 Å². The molecule has 0 amide bonds. The Morgan fingerprint density at radius 1 is 1.04 bits per heavy atom. The smallest absolute Gasteiger partial charge is 0.231 e. The average molecular weight is 334 g/mol. The number of benzene rings is 2. The number of aromatic nitrogens is 1. The summed E-state index contributed by atoms with van der Waals surface area (Å²) in [5, 5.41) is 0.800. The molecule has 4 nitrogen and oxygen atoms in total. The maximum atomic E-state index is 5.40. The van der Waals surface area contributed by atoms with Gasteiger partial charge in [0.2, 0.25) is 11.9 Å². The van der Waals surface area contributed by atoms with Crippen LogP contribution in [0.5, 0.6) is 11.5 Å². The van der Waals surface area contributed by atoms with Gasteiger partial charge in [0.15, 0.2) is 11.5 Å². The molecule has 1 aliphatic heterocycles. The summed E-state index contributed by atoms with van der Waals surface area (Å²) in [6.07, 6.45) is 3.96. The van der Waals surface area contributed by atoms with Crippen molar-refractivity contribution >= 4 is 22.7 Å². The van der Waals surface area contributed by atoms with E-state index in [-0.39, 0.29) is 6.79 Å². The highest BCUT2D eigenvalue weighted by atomic mass is 32.1. The molecule has 1 aromatic heterocycles. The van der Waals surface area contributed by atoms with Crippen molar-refractivity contribution in [1.29, 1.82) is 0 Å². The fraction of sp³-hybridized carbons (Fsp3) is 0.158. The van der Waals surface area contributed by atoms with Crippen LogP contribution in [0.15, 0.2) is 47.5 Å². The van der Waals surface area contributed by atoms with Gasteiger partial charge in [-0.05, 0) is 42.2 Å². The number of nitrogens with zero attached hydrogens (tertiary/aromatic N) is 2. The zero-order chi connectivity index (χ0) is 15.9. The standard InChI is InChI=1S/C19H14N2O2S/c1-2-4-14-13(3-1)6-8-17-18(14)21-19(24-17)20-10-12-5-7-15-16(9-12)23-11-22-15/h1-5,7,9-10H,6,8,11H2. The summed E-state index contributed by atoms with van der Waals surface area (Å²) in [5.41, 5.74) is 4.70. The highest BCUT2D eigenvalue weighted by Crippen LogP contribution is 2.39. The lowest BCUT2D eigenvalue weighted by molar-refractivity contribution is 0.174. The Morgan fingerprint density at radius 3 is 2.96 bits per heavy atom. The minimum atomic E-state index is 0.286. The molecule has 2 aromatic carbocycles. The molecule has 2 heterocycles. The minimum Gasteiger partial charge on any atom is -0.454 e. The second kappa shape index (κ2) is 5.46. The molecule has 5 rings (SSSR count). The van der Waals surface area contributed by atoms with Crippen molar-refractivity contribution in [3.8, 4) is 22.8 Å². The third kappa shape index (κ3) is 2.29. The van der Waals surface area contributed by atoms with Crippen molar-refractivity contribution in [3.05, 3.63) is 58.5 Å². The summed E-state index contributed by atoms with van der Waals surface area (Å²) in [5.74, 6) is 1.56. The molecular weight excluding hydrogens is 320 g/mol. The molecule has 0 saturated heterocycles. The quantitative estimate of drug-likeness (QED) is 0.653. The number of rotatable bonds is 2. The summed E-state index contributed by atoms with van der Waals surface area (Å²) in [6, 6.07) is 14.3. The monoisotopic (exact) mass is 334 g/mol. The summed E-state index contributed by atoms with van der Waals surface area (Å²) < 4.78 is 10.7. The van der Waals surface area contributed by atoms with E-state index in [1.54, 1.807) is 11.3 Å². The predicted octanol–water partition coefficient (Wildman–Crippen LogP) is 4.39. The molecule has 0 unspecified atom stereocenters. The van der Waals surface area contributed by atoms with Gasteiger partial charge < -0.3 is 9.47 Å². The Kier molecular flexibility index (Phi) is 3.13. The van der Waals surface area contributed by atoms with E-state index in [0.29, 0.717) is 0 Å². The minimum absolute atomic E-state index is 0.286. The molecule has 118 valence electrons. The van der Waals surface area contributed by atoms with E-state index < -0.39 is 0 Å². The SMILES string of the molecule is C(=Nc1nc2c(s1)CCc1ccccc1-2)c1ccc2c(c1)OCO2. The second-order valence-corrected chi connectivity index (χ2v) is 6.86. The molecule has 3 aromatic rings. The van der Waals surface area contributed by atoms with Crippen LogP contribution < -0.4 is 9.47 Å². The molecule has 24 heavy (non-hydrogen) atoms. The Balaban J connectivity index is 1.46. The van der Waals surface area contributed by atoms with Crippen LogP contribution in [0.1, 0.15) is 16.0 Å². The third-order valence-electron chi connectivity index (χ3n) is 4.30. The maximum absolute atomic E-state index is 5.40. The normalized spacial score (nSPS) is 14.7. The topological polar surface area (TPSA) is 43.7 Å². The number of ether oxygens (including phenoxy) is 2. The molecule has 0 bridgehead atoms. The average Bonchev–Trinajstić information content (AvgIpc) is 3.25. The Bertz CT molecular complexity index is 962. The van der Waals surface area contributed by atoms with Gasteiger partial charge in [-0.15, -0.1) is 0 Å². The third-order valence-corrected chi connectivity index (χ3v) is 5.32. The predicted molar refractivity (Wildman–Crippen MR) is 94.8 cm³/mol. The van der Waals surface area contributed by atoms with E-state index in [1.165, 1.54) is 16.0 Å². The van der Waals surface area contributed by atoms with E-state index in [9.17, 15) is 0 Å². The van der Waals surface area contributed by atoms with Crippen molar-refractivity contribution in [3.63, 3.8) is 0 Å². The molecule has 0 fully saturated rings. The zero-order valence-corrected chi connectivity index (χ0v) is 13.7. The van der Waals surface area contributed by atoms with Crippen LogP contribution in [0.4, 0.5) is 5.13 Å². The van der Waals surface area contributed by atoms with Crippen molar-refractivity contribution in [2.75, 3.05) is 6.79 Å². The lowest BCUT2D eigenvalue weighted by Crippen LogP contribution is -2.01. The van der Waals surface area contributed by atoms with Gasteiger partial charge in [0.1, 0.15) is 0 Å². The highest BCUT2D eigenvalue weighted by molar-refractivity contribution is 7.15. The van der Waals surface area contributed by atoms with Gasteiger partial charge in [-0.3, -0.25) is 0 Å². The van der Waals surface area contributed by atoms with E-state index in [1.807, 2.05) is 24.4 Å². The number of aryl methyl sites for hydroxylation is 2. The summed E-state index contributed by atoms with van der Waals surface area (Å²) in [7, 11) is 0. The first-order valence-corrected chi connectivity index (χ1v) is 8.70. The summed E-state index contributed by atoms with van der Waals surface area (Å²) in [4.78, 5) is 10.6. The first-order chi connectivity index (χ1) is 11.9. The van der Waals surface area contributed by atoms with Crippen LogP contribution in [0.2, 0.25) is 0 Å². The van der Waals surface area contributed by atoms with Gasteiger partial charge in [0, 0.05) is 16.7 Å². The maximum Gasteiger partial charge on any atom is 0.231 e. The van der Waals surface area contributed by atoms with E-state index in [4.69, 9.17) is 14.5 Å². The Hall–Kier alpha value is -2.66. The van der Waals surface area contributed by atoms with E-state index in [0.717, 1.165) is 40.7 Å². The van der Waals surface area contributed by atoms with Crippen molar-refractivity contribution < 1.29 is 9.47 Å². The molecule has 0 radical (unpaired) electrons. The van der Waals surface area contributed by atoms with Crippen LogP contribution in [0.3, 0.4) is 0 Å². The zero-order valence-electron chi connectivity index (χ0n) is 12.9. The number of hydrogen-bond acceptors (Lipinski definition) is 5. The number of thiazole rings is 1. The molecule has 2 aliphatic rings. The van der Waals surface area contributed by atoms with Gasteiger partial charge in [-0.25, -0.2) is 9.98 Å². The molecule has 0 N–H and O–H groups in total. The molecule has 1 aliphatic carbocycles. The van der Waals surface area contributed by atoms with Gasteiger partial charge in [-0.2, -0.15) is 0 Å². The number of aliphatic imine (C=N–C) groups is 1. The van der Waals surface area contributed by atoms with Crippen LogP contribution in [-0.2, 0) is 12.8 Å². The van der Waals surface area contributed by atoms with Gasteiger partial charge >= 0.3 is 0 Å².